The highest BCUT2D eigenvalue weighted by Crippen LogP contribution is 2.41. The van der Waals surface area contributed by atoms with Crippen LogP contribution in [0.15, 0.2) is 36.9 Å². The molecule has 124 valence electrons. The molecule has 0 saturated carbocycles. The third-order valence-electron chi connectivity index (χ3n) is 4.61. The van der Waals surface area contributed by atoms with Crippen LogP contribution in [0.3, 0.4) is 0 Å². The zero-order valence-electron chi connectivity index (χ0n) is 15.1. The van der Waals surface area contributed by atoms with Crippen molar-refractivity contribution in [1.82, 2.24) is 0 Å². The van der Waals surface area contributed by atoms with E-state index in [2.05, 4.69) is 52.6 Å². The Bertz CT molecular complexity index is 457. The van der Waals surface area contributed by atoms with Gasteiger partial charge in [-0.2, -0.15) is 0 Å². The van der Waals surface area contributed by atoms with Gasteiger partial charge in [0.15, 0.2) is 8.32 Å². The molecule has 1 atom stereocenters. The summed E-state index contributed by atoms with van der Waals surface area (Å²) in [4.78, 5) is 0. The van der Waals surface area contributed by atoms with Gasteiger partial charge in [-0.25, -0.2) is 0 Å². The van der Waals surface area contributed by atoms with Gasteiger partial charge in [0, 0.05) is 0 Å². The molecule has 0 heterocycles. The lowest BCUT2D eigenvalue weighted by Gasteiger charge is -2.39. The van der Waals surface area contributed by atoms with Crippen LogP contribution in [-0.4, -0.2) is 15.4 Å². The van der Waals surface area contributed by atoms with Crippen LogP contribution in [0.5, 0.6) is 5.75 Å². The summed E-state index contributed by atoms with van der Waals surface area (Å²) in [5.74, 6) is 0.890. The van der Waals surface area contributed by atoms with Crippen molar-refractivity contribution in [2.45, 2.75) is 64.3 Å². The van der Waals surface area contributed by atoms with Gasteiger partial charge in [0.05, 0.1) is 13.2 Å². The molecule has 0 spiro atoms. The Morgan fingerprint density at radius 2 is 1.77 bits per heavy atom. The van der Waals surface area contributed by atoms with Gasteiger partial charge in [0.2, 0.25) is 0 Å². The van der Waals surface area contributed by atoms with Crippen LogP contribution < -0.4 is 4.74 Å². The second-order valence-electron chi connectivity index (χ2n) is 7.36. The number of hydrogen-bond acceptors (Lipinski definition) is 2. The molecule has 0 aliphatic rings. The Hall–Kier alpha value is -1.06. The van der Waals surface area contributed by atoms with Gasteiger partial charge in [-0.05, 0) is 55.1 Å². The number of ether oxygens (including phenoxy) is 1. The molecule has 0 amide bonds. The van der Waals surface area contributed by atoms with Crippen molar-refractivity contribution < 1.29 is 9.16 Å². The Kier molecular flexibility index (Phi) is 6.88. The maximum Gasteiger partial charge on any atom is 0.192 e. The topological polar surface area (TPSA) is 18.5 Å². The van der Waals surface area contributed by atoms with Crippen LogP contribution in [-0.2, 0) is 4.43 Å². The van der Waals surface area contributed by atoms with E-state index in [1.807, 2.05) is 18.2 Å². The molecule has 0 aliphatic carbocycles. The van der Waals surface area contributed by atoms with E-state index in [1.54, 1.807) is 7.11 Å². The van der Waals surface area contributed by atoms with Crippen LogP contribution in [0.2, 0.25) is 18.1 Å². The monoisotopic (exact) mass is 320 g/mol. The molecule has 0 radical (unpaired) electrons. The van der Waals surface area contributed by atoms with Crippen molar-refractivity contribution in [3.05, 3.63) is 42.5 Å². The highest BCUT2D eigenvalue weighted by molar-refractivity contribution is 6.74. The van der Waals surface area contributed by atoms with Crippen LogP contribution in [0, 0.1) is 0 Å². The van der Waals surface area contributed by atoms with E-state index >= 15 is 0 Å². The minimum Gasteiger partial charge on any atom is -0.497 e. The molecule has 22 heavy (non-hydrogen) atoms. The van der Waals surface area contributed by atoms with E-state index in [0.29, 0.717) is 0 Å². The average molecular weight is 321 g/mol. The smallest absolute Gasteiger partial charge is 0.192 e. The first-order valence-corrected chi connectivity index (χ1v) is 11.0. The van der Waals surface area contributed by atoms with Gasteiger partial charge < -0.3 is 9.16 Å². The molecule has 1 aromatic carbocycles. The van der Waals surface area contributed by atoms with E-state index in [4.69, 9.17) is 9.16 Å². The van der Waals surface area contributed by atoms with Gasteiger partial charge in [-0.1, -0.05) is 39.0 Å². The van der Waals surface area contributed by atoms with Crippen molar-refractivity contribution >= 4 is 8.32 Å². The Balaban J connectivity index is 2.93. The predicted molar refractivity (Wildman–Crippen MR) is 98.1 cm³/mol. The second-order valence-corrected chi connectivity index (χ2v) is 12.1. The standard InChI is InChI=1S/C19H32O2Si/c1-8-9-10-11-18(21-22(6,7)19(2,3)4)16-12-14-17(20-5)15-13-16/h8,12-15,18H,1,9-11H2,2-7H3/t18-/m1/s1. The van der Waals surface area contributed by atoms with E-state index in [1.165, 1.54) is 5.56 Å². The van der Waals surface area contributed by atoms with Crippen molar-refractivity contribution in [1.29, 1.82) is 0 Å². The molecule has 2 nitrogen and oxygen atoms in total. The van der Waals surface area contributed by atoms with Gasteiger partial charge >= 0.3 is 0 Å². The first-order valence-electron chi connectivity index (χ1n) is 8.14. The fourth-order valence-corrected chi connectivity index (χ4v) is 3.41. The number of hydrogen-bond donors (Lipinski definition) is 0. The molecule has 1 aromatic rings. The summed E-state index contributed by atoms with van der Waals surface area (Å²) in [6, 6.07) is 8.30. The van der Waals surface area contributed by atoms with E-state index in [0.717, 1.165) is 25.0 Å². The summed E-state index contributed by atoms with van der Waals surface area (Å²) in [7, 11) is -0.0928. The summed E-state index contributed by atoms with van der Waals surface area (Å²) < 4.78 is 11.9. The van der Waals surface area contributed by atoms with Gasteiger partial charge in [-0.3, -0.25) is 0 Å². The zero-order valence-corrected chi connectivity index (χ0v) is 16.1. The van der Waals surface area contributed by atoms with Crippen LogP contribution in [0.4, 0.5) is 0 Å². The predicted octanol–water partition coefficient (Wildman–Crippen LogP) is 6.11. The largest absolute Gasteiger partial charge is 0.497 e. The van der Waals surface area contributed by atoms with E-state index in [-0.39, 0.29) is 11.1 Å². The van der Waals surface area contributed by atoms with Gasteiger partial charge in [0.25, 0.3) is 0 Å². The number of allylic oxidation sites excluding steroid dienone is 1. The molecule has 0 aliphatic heterocycles. The Labute approximate surface area is 137 Å². The van der Waals surface area contributed by atoms with Crippen LogP contribution in [0.25, 0.3) is 0 Å². The lowest BCUT2D eigenvalue weighted by molar-refractivity contribution is 0.171. The van der Waals surface area contributed by atoms with Gasteiger partial charge in [-0.15, -0.1) is 6.58 Å². The minimum absolute atomic E-state index is 0.159. The fourth-order valence-electron chi connectivity index (χ4n) is 2.09. The molecule has 0 N–H and O–H groups in total. The molecule has 0 saturated heterocycles. The number of rotatable bonds is 8. The highest BCUT2D eigenvalue weighted by atomic mass is 28.4. The fraction of sp³-hybridized carbons (Fsp3) is 0.579. The van der Waals surface area contributed by atoms with Crippen molar-refractivity contribution in [2.24, 2.45) is 0 Å². The molecular formula is C19H32O2Si. The molecular weight excluding hydrogens is 288 g/mol. The Morgan fingerprint density at radius 1 is 1.18 bits per heavy atom. The summed E-state index contributed by atoms with van der Waals surface area (Å²) >= 11 is 0. The first kappa shape index (κ1) is 19.0. The summed E-state index contributed by atoms with van der Waals surface area (Å²) in [6.45, 7) is 15.3. The van der Waals surface area contributed by atoms with Crippen molar-refractivity contribution in [3.8, 4) is 5.75 Å². The average Bonchev–Trinajstić information content (AvgIpc) is 2.45. The highest BCUT2D eigenvalue weighted by Gasteiger charge is 2.39. The van der Waals surface area contributed by atoms with E-state index < -0.39 is 8.32 Å². The molecule has 1 rings (SSSR count). The molecule has 0 fully saturated rings. The third kappa shape index (κ3) is 5.29. The third-order valence-corrected chi connectivity index (χ3v) is 9.09. The minimum atomic E-state index is -1.79. The van der Waals surface area contributed by atoms with Crippen molar-refractivity contribution in [3.63, 3.8) is 0 Å². The number of unbranched alkanes of at least 4 members (excludes halogenated alkanes) is 1. The van der Waals surface area contributed by atoms with Crippen molar-refractivity contribution in [2.75, 3.05) is 7.11 Å². The molecule has 0 bridgehead atoms. The van der Waals surface area contributed by atoms with E-state index in [9.17, 15) is 0 Å². The lowest BCUT2D eigenvalue weighted by Crippen LogP contribution is -2.41. The number of benzene rings is 1. The first-order chi connectivity index (χ1) is 10.2. The summed E-state index contributed by atoms with van der Waals surface area (Å²) in [5, 5.41) is 0.218. The Morgan fingerprint density at radius 3 is 2.23 bits per heavy atom. The lowest BCUT2D eigenvalue weighted by atomic mass is 10.0. The summed E-state index contributed by atoms with van der Waals surface area (Å²) in [6.07, 6.45) is 5.32. The molecule has 0 aromatic heterocycles. The molecule has 0 unspecified atom stereocenters. The quantitative estimate of drug-likeness (QED) is 0.326. The SMILES string of the molecule is C=CCCC[C@@H](O[Si](C)(C)C(C)(C)C)c1ccc(OC)cc1. The van der Waals surface area contributed by atoms with Gasteiger partial charge in [0.1, 0.15) is 5.75 Å². The second kappa shape index (κ2) is 7.98. The molecule has 3 heteroatoms. The maximum atomic E-state index is 6.67. The summed E-state index contributed by atoms with van der Waals surface area (Å²) in [5.41, 5.74) is 1.25. The van der Waals surface area contributed by atoms with Crippen LogP contribution >= 0.6 is 0 Å². The normalized spacial score (nSPS) is 13.7. The van der Waals surface area contributed by atoms with Crippen LogP contribution in [0.1, 0.15) is 51.7 Å². The maximum absolute atomic E-state index is 6.67. The number of methoxy groups -OCH3 is 1. The zero-order chi connectivity index (χ0) is 16.8.